The number of hydrogen-bond donors (Lipinski definition) is 0. The van der Waals surface area contributed by atoms with E-state index in [2.05, 4.69) is 9.97 Å². The van der Waals surface area contributed by atoms with Gasteiger partial charge in [-0.3, -0.25) is 14.8 Å². The third-order valence-corrected chi connectivity index (χ3v) is 3.77. The standard InChI is InChI=1S/C17H19N3O4/c1-22-8-7-20-15(11-23-12-17(20)21)14-10-19-6-4-16(14)24-13-3-2-5-18-9-13/h2-6,9-10,15H,7-8,11-12H2,1H3. The smallest absolute Gasteiger partial charge is 0.249 e. The number of morpholine rings is 1. The molecule has 24 heavy (non-hydrogen) atoms. The molecule has 0 aromatic carbocycles. The van der Waals surface area contributed by atoms with E-state index in [1.807, 2.05) is 6.07 Å². The first-order valence-corrected chi connectivity index (χ1v) is 7.67. The number of ether oxygens (including phenoxy) is 3. The zero-order chi connectivity index (χ0) is 16.8. The molecule has 1 saturated heterocycles. The van der Waals surface area contributed by atoms with Crippen LogP contribution >= 0.6 is 0 Å². The van der Waals surface area contributed by atoms with E-state index in [1.54, 1.807) is 48.9 Å². The number of carbonyl (C=O) groups is 1. The van der Waals surface area contributed by atoms with Crippen LogP contribution in [-0.4, -0.2) is 54.3 Å². The summed E-state index contributed by atoms with van der Waals surface area (Å²) >= 11 is 0. The summed E-state index contributed by atoms with van der Waals surface area (Å²) in [7, 11) is 1.61. The second kappa shape index (κ2) is 7.85. The molecular weight excluding hydrogens is 310 g/mol. The van der Waals surface area contributed by atoms with Crippen LogP contribution in [0.3, 0.4) is 0 Å². The van der Waals surface area contributed by atoms with E-state index in [9.17, 15) is 4.79 Å². The average Bonchev–Trinajstić information content (AvgIpc) is 2.62. The molecule has 0 saturated carbocycles. The van der Waals surface area contributed by atoms with Crippen LogP contribution < -0.4 is 4.74 Å². The summed E-state index contributed by atoms with van der Waals surface area (Å²) in [6.07, 6.45) is 6.67. The van der Waals surface area contributed by atoms with Crippen LogP contribution in [0.5, 0.6) is 11.5 Å². The van der Waals surface area contributed by atoms with Crippen molar-refractivity contribution in [3.05, 3.63) is 48.5 Å². The molecule has 1 fully saturated rings. The Morgan fingerprint density at radius 1 is 1.29 bits per heavy atom. The summed E-state index contributed by atoms with van der Waals surface area (Å²) in [5.41, 5.74) is 0.797. The van der Waals surface area contributed by atoms with Crippen molar-refractivity contribution in [2.75, 3.05) is 33.5 Å². The summed E-state index contributed by atoms with van der Waals surface area (Å²) in [5.74, 6) is 1.18. The predicted molar refractivity (Wildman–Crippen MR) is 85.7 cm³/mol. The van der Waals surface area contributed by atoms with Crippen LogP contribution in [0.1, 0.15) is 11.6 Å². The molecule has 0 spiro atoms. The topological polar surface area (TPSA) is 73.8 Å². The maximum Gasteiger partial charge on any atom is 0.249 e. The van der Waals surface area contributed by atoms with Crippen molar-refractivity contribution in [3.8, 4) is 11.5 Å². The first-order valence-electron chi connectivity index (χ1n) is 7.67. The Balaban J connectivity index is 1.88. The number of aromatic nitrogens is 2. The zero-order valence-corrected chi connectivity index (χ0v) is 13.4. The Morgan fingerprint density at radius 3 is 2.96 bits per heavy atom. The fourth-order valence-electron chi connectivity index (χ4n) is 2.60. The average molecular weight is 329 g/mol. The van der Waals surface area contributed by atoms with Gasteiger partial charge in [0.1, 0.15) is 18.1 Å². The molecule has 1 aliphatic heterocycles. The van der Waals surface area contributed by atoms with Gasteiger partial charge in [-0.2, -0.15) is 0 Å². The summed E-state index contributed by atoms with van der Waals surface area (Å²) in [6.45, 7) is 1.43. The van der Waals surface area contributed by atoms with E-state index in [-0.39, 0.29) is 18.6 Å². The number of methoxy groups -OCH3 is 1. The van der Waals surface area contributed by atoms with Gasteiger partial charge < -0.3 is 19.1 Å². The minimum absolute atomic E-state index is 0.0699. The van der Waals surface area contributed by atoms with Gasteiger partial charge in [0.15, 0.2) is 0 Å². The predicted octanol–water partition coefficient (Wildman–Crippen LogP) is 1.82. The molecule has 3 heterocycles. The van der Waals surface area contributed by atoms with E-state index < -0.39 is 0 Å². The molecule has 126 valence electrons. The van der Waals surface area contributed by atoms with Crippen LogP contribution in [0.2, 0.25) is 0 Å². The fourth-order valence-corrected chi connectivity index (χ4v) is 2.60. The Bertz CT molecular complexity index is 681. The molecule has 0 aliphatic carbocycles. The van der Waals surface area contributed by atoms with Crippen LogP contribution in [-0.2, 0) is 14.3 Å². The molecule has 0 radical (unpaired) electrons. The van der Waals surface area contributed by atoms with E-state index in [0.717, 1.165) is 5.56 Å². The van der Waals surface area contributed by atoms with Gasteiger partial charge in [0.05, 0.1) is 25.5 Å². The van der Waals surface area contributed by atoms with Crippen molar-refractivity contribution >= 4 is 5.91 Å². The lowest BCUT2D eigenvalue weighted by Crippen LogP contribution is -2.45. The number of carbonyl (C=O) groups excluding carboxylic acids is 1. The molecule has 1 unspecified atom stereocenters. The van der Waals surface area contributed by atoms with Crippen molar-refractivity contribution in [1.82, 2.24) is 14.9 Å². The Labute approximate surface area is 140 Å². The summed E-state index contributed by atoms with van der Waals surface area (Å²) in [6, 6.07) is 5.13. The van der Waals surface area contributed by atoms with Crippen LogP contribution in [0.25, 0.3) is 0 Å². The second-order valence-corrected chi connectivity index (χ2v) is 5.32. The lowest BCUT2D eigenvalue weighted by atomic mass is 10.1. The van der Waals surface area contributed by atoms with E-state index in [0.29, 0.717) is 31.3 Å². The molecule has 2 aromatic heterocycles. The Hall–Kier alpha value is -2.51. The first kappa shape index (κ1) is 16.4. The van der Waals surface area contributed by atoms with Gasteiger partial charge in [-0.25, -0.2) is 0 Å². The van der Waals surface area contributed by atoms with E-state index >= 15 is 0 Å². The van der Waals surface area contributed by atoms with Crippen molar-refractivity contribution < 1.29 is 19.0 Å². The Morgan fingerprint density at radius 2 is 2.17 bits per heavy atom. The monoisotopic (exact) mass is 329 g/mol. The van der Waals surface area contributed by atoms with Gasteiger partial charge in [-0.15, -0.1) is 0 Å². The van der Waals surface area contributed by atoms with Crippen LogP contribution in [0.15, 0.2) is 43.0 Å². The third kappa shape index (κ3) is 3.69. The maximum atomic E-state index is 12.2. The molecular formula is C17H19N3O4. The highest BCUT2D eigenvalue weighted by molar-refractivity contribution is 5.78. The molecule has 1 aliphatic rings. The molecule has 3 rings (SSSR count). The lowest BCUT2D eigenvalue weighted by Gasteiger charge is -2.36. The summed E-state index contributed by atoms with van der Waals surface area (Å²) < 4.78 is 16.5. The molecule has 0 N–H and O–H groups in total. The fraction of sp³-hybridized carbons (Fsp3) is 0.353. The Kier molecular flexibility index (Phi) is 5.35. The van der Waals surface area contributed by atoms with Crippen molar-refractivity contribution in [2.24, 2.45) is 0 Å². The quantitative estimate of drug-likeness (QED) is 0.805. The molecule has 1 amide bonds. The van der Waals surface area contributed by atoms with Gasteiger partial charge >= 0.3 is 0 Å². The molecule has 2 aromatic rings. The molecule has 7 nitrogen and oxygen atoms in total. The van der Waals surface area contributed by atoms with Gasteiger partial charge in [0.25, 0.3) is 0 Å². The van der Waals surface area contributed by atoms with Gasteiger partial charge in [-0.05, 0) is 18.2 Å². The summed E-state index contributed by atoms with van der Waals surface area (Å²) in [4.78, 5) is 22.2. The highest BCUT2D eigenvalue weighted by atomic mass is 16.5. The molecule has 7 heteroatoms. The first-order chi connectivity index (χ1) is 11.8. The SMILES string of the molecule is COCCN1C(=O)COCC1c1cnccc1Oc1cccnc1. The number of rotatable bonds is 6. The van der Waals surface area contributed by atoms with Crippen molar-refractivity contribution in [2.45, 2.75) is 6.04 Å². The van der Waals surface area contributed by atoms with E-state index in [4.69, 9.17) is 14.2 Å². The summed E-state index contributed by atoms with van der Waals surface area (Å²) in [5, 5.41) is 0. The highest BCUT2D eigenvalue weighted by Crippen LogP contribution is 2.33. The van der Waals surface area contributed by atoms with Crippen molar-refractivity contribution in [3.63, 3.8) is 0 Å². The number of hydrogen-bond acceptors (Lipinski definition) is 6. The largest absolute Gasteiger partial charge is 0.455 e. The minimum atomic E-state index is -0.262. The number of nitrogens with zero attached hydrogens (tertiary/aromatic N) is 3. The van der Waals surface area contributed by atoms with Gasteiger partial charge in [-0.1, -0.05) is 0 Å². The molecule has 0 bridgehead atoms. The maximum absolute atomic E-state index is 12.2. The number of amides is 1. The minimum Gasteiger partial charge on any atom is -0.455 e. The second-order valence-electron chi connectivity index (χ2n) is 5.32. The normalized spacial score (nSPS) is 17.8. The lowest BCUT2D eigenvalue weighted by molar-refractivity contribution is -0.149. The van der Waals surface area contributed by atoms with E-state index in [1.165, 1.54) is 0 Å². The van der Waals surface area contributed by atoms with Crippen LogP contribution in [0.4, 0.5) is 0 Å². The highest BCUT2D eigenvalue weighted by Gasteiger charge is 2.32. The number of pyridine rings is 2. The zero-order valence-electron chi connectivity index (χ0n) is 13.4. The molecule has 1 atom stereocenters. The third-order valence-electron chi connectivity index (χ3n) is 3.77. The van der Waals surface area contributed by atoms with Crippen LogP contribution in [0, 0.1) is 0 Å². The van der Waals surface area contributed by atoms with Gasteiger partial charge in [0.2, 0.25) is 5.91 Å². The van der Waals surface area contributed by atoms with Gasteiger partial charge in [0, 0.05) is 37.8 Å². The van der Waals surface area contributed by atoms with Crippen molar-refractivity contribution in [1.29, 1.82) is 0 Å².